The molecule has 5 aromatic rings. The first kappa shape index (κ1) is 17.2. The van der Waals surface area contributed by atoms with Gasteiger partial charge in [0.1, 0.15) is 0 Å². The third-order valence-electron chi connectivity index (χ3n) is 5.49. The highest BCUT2D eigenvalue weighted by Crippen LogP contribution is 2.43. The van der Waals surface area contributed by atoms with Crippen LogP contribution in [0.3, 0.4) is 0 Å². The van der Waals surface area contributed by atoms with Crippen LogP contribution in [0.5, 0.6) is 0 Å². The van der Waals surface area contributed by atoms with Crippen LogP contribution in [0.25, 0.3) is 57.6 Å². The Balaban J connectivity index is 2.15. The van der Waals surface area contributed by atoms with Crippen molar-refractivity contribution in [1.82, 2.24) is 0 Å². The van der Waals surface area contributed by atoms with Crippen molar-refractivity contribution in [2.45, 2.75) is 0 Å². The van der Waals surface area contributed by atoms with Crippen LogP contribution in [0, 0.1) is 31.0 Å². The third kappa shape index (κ3) is 2.30. The third-order valence-corrected chi connectivity index (χ3v) is 5.49. The van der Waals surface area contributed by atoms with Gasteiger partial charge >= 0.3 is 0 Å². The van der Waals surface area contributed by atoms with E-state index in [0.29, 0.717) is 11.3 Å². The Morgan fingerprint density at radius 3 is 1.40 bits per heavy atom. The molecule has 0 aromatic heterocycles. The van der Waals surface area contributed by atoms with Crippen LogP contribution >= 0.6 is 0 Å². The minimum atomic E-state index is 0.282. The Bertz CT molecular complexity index is 1600. The molecule has 0 atom stereocenters. The number of hydrogen-bond donors (Lipinski definition) is 0. The molecule has 0 N–H and O–H groups in total. The van der Waals surface area contributed by atoms with Gasteiger partial charge in [0.25, 0.3) is 0 Å². The Labute approximate surface area is 172 Å². The lowest BCUT2D eigenvalue weighted by molar-refractivity contribution is 1.50. The van der Waals surface area contributed by atoms with E-state index in [-0.39, 0.29) is 11.4 Å². The van der Waals surface area contributed by atoms with E-state index in [1.807, 2.05) is 24.3 Å². The molecule has 134 valence electrons. The van der Waals surface area contributed by atoms with Crippen LogP contribution in [0.2, 0.25) is 0 Å². The van der Waals surface area contributed by atoms with Gasteiger partial charge in [0.2, 0.25) is 5.69 Å². The lowest BCUT2D eigenvalue weighted by atomic mass is 9.90. The summed E-state index contributed by atoms with van der Waals surface area (Å²) in [5.74, 6) is 0. The average Bonchev–Trinajstić information content (AvgIpc) is 2.81. The molecule has 4 heteroatoms. The van der Waals surface area contributed by atoms with Gasteiger partial charge in [0.15, 0.2) is 11.4 Å². The summed E-state index contributed by atoms with van der Waals surface area (Å²) in [5, 5.41) is 16.9. The van der Waals surface area contributed by atoms with E-state index in [4.69, 9.17) is 19.7 Å². The van der Waals surface area contributed by atoms with Gasteiger partial charge in [-0.15, -0.1) is 0 Å². The highest BCUT2D eigenvalue weighted by atomic mass is 14.7. The van der Waals surface area contributed by atoms with Crippen molar-refractivity contribution >= 4 is 60.2 Å². The summed E-state index contributed by atoms with van der Waals surface area (Å²) in [6.45, 7) is 22.4. The van der Waals surface area contributed by atoms with Crippen LogP contribution in [-0.2, 0) is 0 Å². The molecule has 0 unspecified atom stereocenters. The van der Waals surface area contributed by atoms with Crippen molar-refractivity contribution in [2.24, 2.45) is 0 Å². The normalized spacial score (nSPS) is 10.5. The Hall–Kier alpha value is -4.90. The van der Waals surface area contributed by atoms with Crippen molar-refractivity contribution < 1.29 is 0 Å². The van der Waals surface area contributed by atoms with E-state index < -0.39 is 0 Å². The first-order chi connectivity index (χ1) is 14.7. The fourth-order valence-corrected chi connectivity index (χ4v) is 4.10. The zero-order valence-electron chi connectivity index (χ0n) is 15.6. The van der Waals surface area contributed by atoms with Crippen LogP contribution in [-0.4, -0.2) is 0 Å². The van der Waals surface area contributed by atoms with Gasteiger partial charge in [0.05, 0.1) is 31.3 Å². The first-order valence-corrected chi connectivity index (χ1v) is 9.11. The number of benzene rings is 5. The summed E-state index contributed by atoms with van der Waals surface area (Å²) < 4.78 is 0. The second-order valence-electron chi connectivity index (χ2n) is 6.99. The maximum absolute atomic E-state index is 9.55. The summed E-state index contributed by atoms with van der Waals surface area (Å²) in [6, 6.07) is 21.3. The molecule has 30 heavy (non-hydrogen) atoms. The van der Waals surface area contributed by atoms with Crippen molar-refractivity contribution in [2.75, 3.05) is 0 Å². The molecule has 0 aliphatic heterocycles. The van der Waals surface area contributed by atoms with Gasteiger partial charge in [-0.05, 0) is 67.4 Å². The van der Waals surface area contributed by atoms with E-state index in [1.165, 1.54) is 0 Å². The Morgan fingerprint density at radius 2 is 0.967 bits per heavy atom. The number of fused-ring (bicyclic) bond motifs is 7. The molecule has 0 aliphatic rings. The van der Waals surface area contributed by atoms with Gasteiger partial charge in [-0.2, -0.15) is 5.26 Å². The standard InChI is InChI=1S/C26H10N4/c1-28-24-11-21-20(10-17(24)14-27)18-8-15-6-4-5-7-16(15)9-19(18)22-12-25(29-2)26(30-3)13-23(21)22/h4-13H. The highest BCUT2D eigenvalue weighted by Gasteiger charge is 2.15. The Morgan fingerprint density at radius 1 is 0.567 bits per heavy atom. The van der Waals surface area contributed by atoms with E-state index in [2.05, 4.69) is 32.7 Å². The molecule has 0 saturated heterocycles. The topological polar surface area (TPSA) is 36.9 Å². The quantitative estimate of drug-likeness (QED) is 0.154. The lowest BCUT2D eigenvalue weighted by Gasteiger charge is -2.14. The molecular weight excluding hydrogens is 368 g/mol. The van der Waals surface area contributed by atoms with E-state index >= 15 is 0 Å². The molecule has 5 rings (SSSR count). The SMILES string of the molecule is [C-]#[N+]c1cc2c(cc1C#N)c1cc3ccccc3cc1c1cc([N+]#[C-])c([N+]#[C-])cc21. The van der Waals surface area contributed by atoms with Gasteiger partial charge in [-0.3, -0.25) is 9.69 Å². The van der Waals surface area contributed by atoms with Crippen LogP contribution in [0.4, 0.5) is 17.1 Å². The monoisotopic (exact) mass is 378 g/mol. The minimum absolute atomic E-state index is 0.282. The molecule has 0 aliphatic carbocycles. The predicted octanol–water partition coefficient (Wildman–Crippen LogP) is 7.82. The van der Waals surface area contributed by atoms with Crippen molar-refractivity contribution in [3.63, 3.8) is 0 Å². The smallest absolute Gasteiger partial charge is 0.205 e. The molecule has 0 bridgehead atoms. The molecule has 4 nitrogen and oxygen atoms in total. The fraction of sp³-hybridized carbons (Fsp3) is 0. The van der Waals surface area contributed by atoms with Gasteiger partial charge < -0.3 is 0 Å². The van der Waals surface area contributed by atoms with Crippen molar-refractivity contribution in [1.29, 1.82) is 5.26 Å². The zero-order chi connectivity index (χ0) is 20.8. The van der Waals surface area contributed by atoms with Gasteiger partial charge in [-0.25, -0.2) is 4.85 Å². The summed E-state index contributed by atoms with van der Waals surface area (Å²) in [7, 11) is 0. The summed E-state index contributed by atoms with van der Waals surface area (Å²) in [4.78, 5) is 10.6. The van der Waals surface area contributed by atoms with E-state index in [1.54, 1.807) is 24.3 Å². The average molecular weight is 378 g/mol. The molecule has 0 saturated carbocycles. The number of nitriles is 1. The minimum Gasteiger partial charge on any atom is -0.250 e. The van der Waals surface area contributed by atoms with Crippen LogP contribution in [0.1, 0.15) is 5.56 Å². The van der Waals surface area contributed by atoms with Crippen LogP contribution in [0.15, 0.2) is 60.7 Å². The predicted molar refractivity (Wildman–Crippen MR) is 120 cm³/mol. The number of hydrogen-bond acceptors (Lipinski definition) is 1. The zero-order valence-corrected chi connectivity index (χ0v) is 15.6. The fourth-order valence-electron chi connectivity index (χ4n) is 4.10. The first-order valence-electron chi connectivity index (χ1n) is 9.11. The number of rotatable bonds is 0. The maximum atomic E-state index is 9.55. The largest absolute Gasteiger partial charge is 0.250 e. The molecule has 0 amide bonds. The number of nitrogens with zero attached hydrogens (tertiary/aromatic N) is 4. The molecule has 0 spiro atoms. The summed E-state index contributed by atoms with van der Waals surface area (Å²) in [5.41, 5.74) is 1.21. The molecule has 0 heterocycles. The lowest BCUT2D eigenvalue weighted by Crippen LogP contribution is -1.86. The second-order valence-corrected chi connectivity index (χ2v) is 6.99. The molecule has 5 aromatic carbocycles. The van der Waals surface area contributed by atoms with Crippen molar-refractivity contribution in [3.05, 3.63) is 100 Å². The Kier molecular flexibility index (Phi) is 3.63. The van der Waals surface area contributed by atoms with Gasteiger partial charge in [0, 0.05) is 0 Å². The molecular formula is C26H10N4. The maximum Gasteiger partial charge on any atom is 0.205 e. The van der Waals surface area contributed by atoms with E-state index in [0.717, 1.165) is 43.1 Å². The highest BCUT2D eigenvalue weighted by molar-refractivity contribution is 6.29. The van der Waals surface area contributed by atoms with Gasteiger partial charge in [-0.1, -0.05) is 36.4 Å². The summed E-state index contributed by atoms with van der Waals surface area (Å²) >= 11 is 0. The molecule has 0 fully saturated rings. The van der Waals surface area contributed by atoms with Crippen molar-refractivity contribution in [3.8, 4) is 6.07 Å². The van der Waals surface area contributed by atoms with E-state index in [9.17, 15) is 5.26 Å². The summed E-state index contributed by atoms with van der Waals surface area (Å²) in [6.07, 6.45) is 0. The van der Waals surface area contributed by atoms with Crippen LogP contribution < -0.4 is 0 Å². The molecule has 0 radical (unpaired) electrons. The second kappa shape index (κ2) is 6.32.